The van der Waals surface area contributed by atoms with Crippen LogP contribution in [0.2, 0.25) is 0 Å². The minimum absolute atomic E-state index is 0.0275. The highest BCUT2D eigenvalue weighted by molar-refractivity contribution is 7.99. The number of alkyl halides is 12. The van der Waals surface area contributed by atoms with Gasteiger partial charge in [0.1, 0.15) is 5.56 Å². The summed E-state index contributed by atoms with van der Waals surface area (Å²) in [5.41, 5.74) is -10.9. The molecular formula is C30H18F12N2O2S. The zero-order valence-electron chi connectivity index (χ0n) is 23.5. The standard InChI is InChI=1S/C30H18F12N2O2S/c1-43(13-14-7-16(27(31,32)33)11-17(8-14)28(34,35)36)25(45)23-22(15-9-18(29(37,38)39)12-19(10-15)30(40,41)42)20-3-2-4-21-24(20)44(26(23)46)5-6-47-21/h2-4,7-12H,5-6,13H2,1H3. The van der Waals surface area contributed by atoms with Crippen LogP contribution in [0.5, 0.6) is 0 Å². The van der Waals surface area contributed by atoms with Crippen molar-refractivity contribution >= 4 is 28.6 Å². The Hall–Kier alpha value is -4.15. The highest BCUT2D eigenvalue weighted by Gasteiger charge is 2.39. The number of para-hydroxylation sites is 1. The molecule has 0 bridgehead atoms. The third kappa shape index (κ3) is 6.67. The normalized spacial score (nSPS) is 14.1. The number of aromatic nitrogens is 1. The number of carbonyl (C=O) groups excluding carboxylic acids is 1. The maximum absolute atomic E-state index is 13.9. The van der Waals surface area contributed by atoms with E-state index in [4.69, 9.17) is 0 Å². The first-order valence-corrected chi connectivity index (χ1v) is 14.2. The lowest BCUT2D eigenvalue weighted by molar-refractivity contribution is -0.144. The summed E-state index contributed by atoms with van der Waals surface area (Å²) in [6.45, 7) is -0.977. The molecule has 0 spiro atoms. The summed E-state index contributed by atoms with van der Waals surface area (Å²) in [5.74, 6) is -1.07. The summed E-state index contributed by atoms with van der Waals surface area (Å²) in [4.78, 5) is 28.8. The number of thioether (sulfide) groups is 1. The fraction of sp³-hybridized carbons (Fsp3) is 0.267. The molecule has 47 heavy (non-hydrogen) atoms. The van der Waals surface area contributed by atoms with Crippen molar-refractivity contribution < 1.29 is 57.5 Å². The molecule has 1 amide bonds. The van der Waals surface area contributed by atoms with Gasteiger partial charge in [-0.15, -0.1) is 11.8 Å². The highest BCUT2D eigenvalue weighted by Crippen LogP contribution is 2.43. The maximum atomic E-state index is 13.9. The molecular weight excluding hydrogens is 680 g/mol. The van der Waals surface area contributed by atoms with Gasteiger partial charge in [0.2, 0.25) is 0 Å². The summed E-state index contributed by atoms with van der Waals surface area (Å²) < 4.78 is 165. The molecule has 250 valence electrons. The molecule has 4 aromatic rings. The lowest BCUT2D eigenvalue weighted by Crippen LogP contribution is -2.36. The van der Waals surface area contributed by atoms with Crippen molar-refractivity contribution in [1.82, 2.24) is 9.47 Å². The molecule has 0 unspecified atom stereocenters. The Bertz CT molecular complexity index is 1890. The van der Waals surface area contributed by atoms with E-state index in [1.807, 2.05) is 0 Å². The summed E-state index contributed by atoms with van der Waals surface area (Å²) in [6.07, 6.45) is -21.0. The van der Waals surface area contributed by atoms with Gasteiger partial charge in [0.15, 0.2) is 0 Å². The Labute approximate surface area is 260 Å². The van der Waals surface area contributed by atoms with Gasteiger partial charge >= 0.3 is 24.7 Å². The Morgan fingerprint density at radius 3 is 1.74 bits per heavy atom. The number of benzene rings is 3. The van der Waals surface area contributed by atoms with E-state index in [9.17, 15) is 62.3 Å². The minimum atomic E-state index is -5.30. The molecule has 5 rings (SSSR count). The first-order chi connectivity index (χ1) is 21.6. The summed E-state index contributed by atoms with van der Waals surface area (Å²) in [5, 5.41) is -0.0723. The van der Waals surface area contributed by atoms with Gasteiger partial charge in [-0.25, -0.2) is 0 Å². The molecule has 0 saturated heterocycles. The van der Waals surface area contributed by atoms with E-state index in [1.165, 1.54) is 23.9 Å². The van der Waals surface area contributed by atoms with E-state index in [-0.39, 0.29) is 29.6 Å². The van der Waals surface area contributed by atoms with E-state index < -0.39 is 87.2 Å². The Kier molecular flexibility index (Phi) is 8.38. The van der Waals surface area contributed by atoms with Gasteiger partial charge in [-0.2, -0.15) is 52.7 Å². The molecule has 0 fully saturated rings. The fourth-order valence-corrected chi connectivity index (χ4v) is 6.33. The number of pyridine rings is 1. The molecule has 4 nitrogen and oxygen atoms in total. The second-order valence-electron chi connectivity index (χ2n) is 10.6. The van der Waals surface area contributed by atoms with Gasteiger partial charge in [-0.1, -0.05) is 12.1 Å². The van der Waals surface area contributed by atoms with E-state index in [1.54, 1.807) is 6.07 Å². The van der Waals surface area contributed by atoms with Crippen LogP contribution in [0, 0.1) is 0 Å². The molecule has 3 aromatic carbocycles. The van der Waals surface area contributed by atoms with Crippen LogP contribution in [0.1, 0.15) is 38.2 Å². The van der Waals surface area contributed by atoms with Crippen molar-refractivity contribution in [2.24, 2.45) is 0 Å². The lowest BCUT2D eigenvalue weighted by Gasteiger charge is -2.26. The van der Waals surface area contributed by atoms with Crippen LogP contribution in [-0.4, -0.2) is 28.2 Å². The third-order valence-corrected chi connectivity index (χ3v) is 8.35. The quantitative estimate of drug-likeness (QED) is 0.200. The zero-order valence-corrected chi connectivity index (χ0v) is 24.3. The Balaban J connectivity index is 1.76. The van der Waals surface area contributed by atoms with Crippen molar-refractivity contribution in [1.29, 1.82) is 0 Å². The molecule has 0 radical (unpaired) electrons. The van der Waals surface area contributed by atoms with Gasteiger partial charge in [-0.05, 0) is 53.6 Å². The summed E-state index contributed by atoms with van der Waals surface area (Å²) >= 11 is 1.24. The number of rotatable bonds is 4. The van der Waals surface area contributed by atoms with Gasteiger partial charge < -0.3 is 9.47 Å². The van der Waals surface area contributed by atoms with Gasteiger partial charge in [0, 0.05) is 41.7 Å². The van der Waals surface area contributed by atoms with Crippen LogP contribution in [-0.2, 0) is 37.8 Å². The Morgan fingerprint density at radius 2 is 1.26 bits per heavy atom. The van der Waals surface area contributed by atoms with Gasteiger partial charge in [-0.3, -0.25) is 9.59 Å². The summed E-state index contributed by atoms with van der Waals surface area (Å²) in [7, 11) is 0.916. The summed E-state index contributed by atoms with van der Waals surface area (Å²) in [6, 6.07) is 5.33. The zero-order chi connectivity index (χ0) is 34.9. The highest BCUT2D eigenvalue weighted by atomic mass is 32.2. The van der Waals surface area contributed by atoms with E-state index in [2.05, 4.69) is 0 Å². The van der Waals surface area contributed by atoms with Crippen LogP contribution < -0.4 is 5.56 Å². The van der Waals surface area contributed by atoms with Gasteiger partial charge in [0.05, 0.1) is 27.8 Å². The first-order valence-electron chi connectivity index (χ1n) is 13.2. The number of aryl methyl sites for hydroxylation is 1. The topological polar surface area (TPSA) is 42.3 Å². The average Bonchev–Trinajstić information content (AvgIpc) is 2.96. The smallest absolute Gasteiger partial charge is 0.337 e. The number of hydrogen-bond acceptors (Lipinski definition) is 3. The number of nitrogens with zero attached hydrogens (tertiary/aromatic N) is 2. The number of amides is 1. The second-order valence-corrected chi connectivity index (χ2v) is 11.7. The SMILES string of the molecule is CN(Cc1cc(C(F)(F)F)cc(C(F)(F)F)c1)C(=O)c1c(-c2cc(C(F)(F)F)cc(C(F)(F)F)c2)c2cccc3c2n(c1=O)CCS3. The van der Waals surface area contributed by atoms with E-state index in [0.717, 1.165) is 11.6 Å². The van der Waals surface area contributed by atoms with Gasteiger partial charge in [0.25, 0.3) is 11.5 Å². The van der Waals surface area contributed by atoms with Crippen LogP contribution in [0.4, 0.5) is 52.7 Å². The maximum Gasteiger partial charge on any atom is 0.416 e. The molecule has 0 N–H and O–H groups in total. The molecule has 1 aromatic heterocycles. The van der Waals surface area contributed by atoms with Crippen LogP contribution in [0.25, 0.3) is 22.0 Å². The minimum Gasteiger partial charge on any atom is -0.337 e. The van der Waals surface area contributed by atoms with Crippen molar-refractivity contribution in [3.63, 3.8) is 0 Å². The molecule has 2 heterocycles. The third-order valence-electron chi connectivity index (χ3n) is 7.32. The monoisotopic (exact) mass is 698 g/mol. The van der Waals surface area contributed by atoms with Crippen molar-refractivity contribution in [2.75, 3.05) is 12.8 Å². The van der Waals surface area contributed by atoms with E-state index >= 15 is 0 Å². The molecule has 0 atom stereocenters. The van der Waals surface area contributed by atoms with Crippen LogP contribution in [0.15, 0.2) is 64.3 Å². The second kappa shape index (κ2) is 11.5. The molecule has 17 heteroatoms. The predicted molar refractivity (Wildman–Crippen MR) is 147 cm³/mol. The van der Waals surface area contributed by atoms with Crippen molar-refractivity contribution in [3.05, 3.63) is 98.3 Å². The van der Waals surface area contributed by atoms with Crippen molar-refractivity contribution in [3.8, 4) is 11.1 Å². The van der Waals surface area contributed by atoms with Crippen LogP contribution in [0.3, 0.4) is 0 Å². The van der Waals surface area contributed by atoms with E-state index in [0.29, 0.717) is 39.8 Å². The average molecular weight is 699 g/mol. The van der Waals surface area contributed by atoms with Crippen LogP contribution >= 0.6 is 11.8 Å². The number of hydrogen-bond donors (Lipinski definition) is 0. The molecule has 0 aliphatic carbocycles. The molecule has 0 saturated carbocycles. The molecule has 1 aliphatic heterocycles. The lowest BCUT2D eigenvalue weighted by atomic mass is 9.92. The predicted octanol–water partition coefficient (Wildman–Crippen LogP) is 9.12. The molecule has 1 aliphatic rings. The number of carbonyl (C=O) groups is 1. The fourth-order valence-electron chi connectivity index (χ4n) is 5.30. The largest absolute Gasteiger partial charge is 0.416 e. The Morgan fingerprint density at radius 1 is 0.766 bits per heavy atom. The number of halogens is 12. The first kappa shape index (κ1) is 34.2. The van der Waals surface area contributed by atoms with Crippen molar-refractivity contribution in [2.45, 2.75) is 42.7 Å².